The molecule has 0 spiro atoms. The van der Waals surface area contributed by atoms with Crippen molar-refractivity contribution in [2.75, 3.05) is 39.0 Å². The van der Waals surface area contributed by atoms with Gasteiger partial charge in [0.1, 0.15) is 0 Å². The first-order chi connectivity index (χ1) is 14.4. The van der Waals surface area contributed by atoms with Crippen molar-refractivity contribution < 1.29 is 18.5 Å². The molecule has 0 aliphatic carbocycles. The highest BCUT2D eigenvalue weighted by atomic mass is 32.2. The molecule has 0 radical (unpaired) electrons. The number of rotatable bonds is 7. The Balaban J connectivity index is 1.44. The predicted octanol–water partition coefficient (Wildman–Crippen LogP) is 2.37. The zero-order chi connectivity index (χ0) is 21.5. The molecule has 0 saturated carbocycles. The maximum Gasteiger partial charge on any atom is 0.338 e. The van der Waals surface area contributed by atoms with Gasteiger partial charge in [-0.3, -0.25) is 13.9 Å². The fraction of sp³-hybridized carbons (Fsp3) is 0.391. The lowest BCUT2D eigenvalue weighted by Gasteiger charge is -2.34. The van der Waals surface area contributed by atoms with E-state index in [4.69, 9.17) is 4.74 Å². The first-order valence-corrected chi connectivity index (χ1v) is 11.7. The van der Waals surface area contributed by atoms with Gasteiger partial charge in [0.15, 0.2) is 6.61 Å². The van der Waals surface area contributed by atoms with Gasteiger partial charge in [0.25, 0.3) is 5.91 Å². The van der Waals surface area contributed by atoms with Gasteiger partial charge in [0, 0.05) is 55.5 Å². The molecule has 160 valence electrons. The largest absolute Gasteiger partial charge is 0.452 e. The van der Waals surface area contributed by atoms with Gasteiger partial charge in [0.2, 0.25) is 0 Å². The number of esters is 1. The van der Waals surface area contributed by atoms with E-state index in [9.17, 15) is 13.8 Å². The zero-order valence-corrected chi connectivity index (χ0v) is 18.3. The third-order valence-electron chi connectivity index (χ3n) is 5.07. The maximum atomic E-state index is 12.4. The summed E-state index contributed by atoms with van der Waals surface area (Å²) in [6, 6.07) is 15.3. The summed E-state index contributed by atoms with van der Waals surface area (Å²) in [6.07, 6.45) is 1.62. The quantitative estimate of drug-likeness (QED) is 0.634. The Morgan fingerprint density at radius 3 is 2.40 bits per heavy atom. The number of ether oxygens (including phenoxy) is 1. The Bertz CT molecular complexity index is 923. The highest BCUT2D eigenvalue weighted by Gasteiger charge is 2.22. The Morgan fingerprint density at radius 2 is 1.70 bits per heavy atom. The lowest BCUT2D eigenvalue weighted by atomic mass is 10.1. The Labute approximate surface area is 180 Å². The number of hydrogen-bond acceptors (Lipinski definition) is 5. The summed E-state index contributed by atoms with van der Waals surface area (Å²) in [5, 5.41) is 0. The molecule has 3 rings (SSSR count). The molecule has 0 N–H and O–H groups in total. The second kappa shape index (κ2) is 10.5. The Kier molecular flexibility index (Phi) is 7.76. The number of aryl methyl sites for hydroxylation is 1. The van der Waals surface area contributed by atoms with Crippen LogP contribution >= 0.6 is 0 Å². The lowest BCUT2D eigenvalue weighted by Crippen LogP contribution is -2.49. The van der Waals surface area contributed by atoms with E-state index in [1.807, 2.05) is 6.07 Å². The van der Waals surface area contributed by atoms with Crippen LogP contribution in [0.4, 0.5) is 0 Å². The van der Waals surface area contributed by atoms with Crippen LogP contribution in [0.3, 0.4) is 0 Å². The summed E-state index contributed by atoms with van der Waals surface area (Å²) in [7, 11) is -0.987. The molecule has 1 amide bonds. The standard InChI is InChI=1S/C23H28N2O4S/c1-18-5-3-6-19(13-18)15-24-9-11-25(12-10-24)22(26)16-29-23(27)21-8-4-7-20(14-21)17-30(2)28/h3-8,13-14H,9-12,15-17H2,1-2H3. The maximum absolute atomic E-state index is 12.4. The van der Waals surface area contributed by atoms with Crippen molar-refractivity contribution in [3.8, 4) is 0 Å². The minimum absolute atomic E-state index is 0.177. The topological polar surface area (TPSA) is 66.9 Å². The second-order valence-electron chi connectivity index (χ2n) is 7.64. The third-order valence-corrected chi connectivity index (χ3v) is 5.81. The average molecular weight is 429 g/mol. The van der Waals surface area contributed by atoms with Gasteiger partial charge >= 0.3 is 5.97 Å². The highest BCUT2D eigenvalue weighted by Crippen LogP contribution is 2.12. The van der Waals surface area contributed by atoms with Crippen LogP contribution in [0.15, 0.2) is 48.5 Å². The molecule has 1 heterocycles. The summed E-state index contributed by atoms with van der Waals surface area (Å²) in [5.41, 5.74) is 3.70. The second-order valence-corrected chi connectivity index (χ2v) is 9.08. The molecule has 1 aliphatic heterocycles. The fourth-order valence-corrected chi connectivity index (χ4v) is 4.20. The van der Waals surface area contributed by atoms with Crippen molar-refractivity contribution in [1.29, 1.82) is 0 Å². The van der Waals surface area contributed by atoms with Crippen molar-refractivity contribution in [2.45, 2.75) is 19.2 Å². The van der Waals surface area contributed by atoms with Crippen molar-refractivity contribution in [3.05, 3.63) is 70.8 Å². The van der Waals surface area contributed by atoms with Gasteiger partial charge in [-0.1, -0.05) is 42.0 Å². The lowest BCUT2D eigenvalue weighted by molar-refractivity contribution is -0.136. The van der Waals surface area contributed by atoms with Crippen LogP contribution in [0.2, 0.25) is 0 Å². The van der Waals surface area contributed by atoms with Gasteiger partial charge in [0.05, 0.1) is 5.56 Å². The van der Waals surface area contributed by atoms with Gasteiger partial charge < -0.3 is 9.64 Å². The first kappa shape index (κ1) is 22.2. The molecular weight excluding hydrogens is 400 g/mol. The van der Waals surface area contributed by atoms with E-state index < -0.39 is 16.8 Å². The van der Waals surface area contributed by atoms with Gasteiger partial charge in [-0.05, 0) is 30.2 Å². The van der Waals surface area contributed by atoms with Crippen LogP contribution in [0.1, 0.15) is 27.0 Å². The van der Waals surface area contributed by atoms with Gasteiger partial charge in [-0.2, -0.15) is 0 Å². The van der Waals surface area contributed by atoms with Crippen LogP contribution in [-0.4, -0.2) is 64.9 Å². The summed E-state index contributed by atoms with van der Waals surface area (Å²) in [4.78, 5) is 28.8. The molecule has 7 heteroatoms. The van der Waals surface area contributed by atoms with E-state index in [2.05, 4.69) is 36.1 Å². The number of carbonyl (C=O) groups is 2. The van der Waals surface area contributed by atoms with Gasteiger partial charge in [-0.15, -0.1) is 0 Å². The first-order valence-electron chi connectivity index (χ1n) is 10.0. The fourth-order valence-electron chi connectivity index (χ4n) is 3.55. The van der Waals surface area contributed by atoms with Crippen molar-refractivity contribution in [2.24, 2.45) is 0 Å². The molecule has 2 aromatic rings. The van der Waals surface area contributed by atoms with Crippen molar-refractivity contribution in [1.82, 2.24) is 9.80 Å². The minimum atomic E-state index is -0.987. The molecular formula is C23H28N2O4S. The molecule has 1 aliphatic rings. The van der Waals surface area contributed by atoms with Crippen LogP contribution in [-0.2, 0) is 32.6 Å². The van der Waals surface area contributed by atoms with E-state index in [0.29, 0.717) is 24.4 Å². The van der Waals surface area contributed by atoms with Crippen molar-refractivity contribution in [3.63, 3.8) is 0 Å². The minimum Gasteiger partial charge on any atom is -0.452 e. The number of hydrogen-bond donors (Lipinski definition) is 0. The van der Waals surface area contributed by atoms with Crippen molar-refractivity contribution >= 4 is 22.7 Å². The number of carbonyl (C=O) groups excluding carboxylic acids is 2. The summed E-state index contributed by atoms with van der Waals surface area (Å²) in [6.45, 7) is 5.54. The molecule has 1 saturated heterocycles. The number of amides is 1. The molecule has 2 aromatic carbocycles. The molecule has 1 unspecified atom stereocenters. The predicted molar refractivity (Wildman–Crippen MR) is 118 cm³/mol. The Hall–Kier alpha value is -2.51. The SMILES string of the molecule is Cc1cccc(CN2CCN(C(=O)COC(=O)c3cccc(CS(C)=O)c3)CC2)c1. The van der Waals surface area contributed by atoms with Crippen LogP contribution in [0.5, 0.6) is 0 Å². The smallest absolute Gasteiger partial charge is 0.338 e. The Morgan fingerprint density at radius 1 is 1.00 bits per heavy atom. The summed E-state index contributed by atoms with van der Waals surface area (Å²) >= 11 is 0. The van der Waals surface area contributed by atoms with Gasteiger partial charge in [-0.25, -0.2) is 4.79 Å². The van der Waals surface area contributed by atoms with E-state index in [-0.39, 0.29) is 12.5 Å². The third kappa shape index (κ3) is 6.50. The van der Waals surface area contributed by atoms with Crippen LogP contribution in [0.25, 0.3) is 0 Å². The zero-order valence-electron chi connectivity index (χ0n) is 17.5. The molecule has 30 heavy (non-hydrogen) atoms. The molecule has 0 aromatic heterocycles. The monoisotopic (exact) mass is 428 g/mol. The van der Waals surface area contributed by atoms with E-state index in [0.717, 1.165) is 25.2 Å². The van der Waals surface area contributed by atoms with Crippen LogP contribution in [0, 0.1) is 6.92 Å². The number of nitrogens with zero attached hydrogens (tertiary/aromatic N) is 2. The number of benzene rings is 2. The molecule has 6 nitrogen and oxygen atoms in total. The summed E-state index contributed by atoms with van der Waals surface area (Å²) < 4.78 is 16.6. The van der Waals surface area contributed by atoms with E-state index >= 15 is 0 Å². The van der Waals surface area contributed by atoms with E-state index in [1.54, 1.807) is 29.4 Å². The van der Waals surface area contributed by atoms with E-state index in [1.165, 1.54) is 11.1 Å². The molecule has 1 fully saturated rings. The number of piperazine rings is 1. The highest BCUT2D eigenvalue weighted by molar-refractivity contribution is 7.83. The molecule has 0 bridgehead atoms. The van der Waals surface area contributed by atoms with Crippen LogP contribution < -0.4 is 0 Å². The summed E-state index contributed by atoms with van der Waals surface area (Å²) in [5.74, 6) is -0.332. The average Bonchev–Trinajstić information content (AvgIpc) is 2.72. The normalized spacial score (nSPS) is 15.6. The molecule has 1 atom stereocenters.